The van der Waals surface area contributed by atoms with E-state index >= 15 is 0 Å². The summed E-state index contributed by atoms with van der Waals surface area (Å²) in [6.07, 6.45) is 0. The lowest BCUT2D eigenvalue weighted by Gasteiger charge is -2.26. The van der Waals surface area contributed by atoms with Crippen LogP contribution in [0.1, 0.15) is 13.8 Å². The van der Waals surface area contributed by atoms with Crippen molar-refractivity contribution in [1.29, 1.82) is 0 Å². The Bertz CT molecular complexity index is 344. The quantitative estimate of drug-likeness (QED) is 0.725. The number of nitrogens with zero attached hydrogens (tertiary/aromatic N) is 1. The van der Waals surface area contributed by atoms with Gasteiger partial charge in [-0.1, -0.05) is 37.2 Å². The maximum absolute atomic E-state index is 11.8. The van der Waals surface area contributed by atoms with Crippen LogP contribution in [0.2, 0.25) is 0 Å². The van der Waals surface area contributed by atoms with E-state index in [4.69, 9.17) is 11.6 Å². The van der Waals surface area contributed by atoms with Gasteiger partial charge in [0, 0.05) is 18.5 Å². The Morgan fingerprint density at radius 1 is 1.53 bits per heavy atom. The maximum atomic E-state index is 11.8. The molecular weight excluding hydrogens is 258 g/mol. The predicted molar refractivity (Wildman–Crippen MR) is 63.4 cm³/mol. The first kappa shape index (κ1) is 13.1. The number of halogens is 1. The van der Waals surface area contributed by atoms with Crippen molar-refractivity contribution in [3.8, 4) is 0 Å². The zero-order valence-electron chi connectivity index (χ0n) is 8.53. The van der Waals surface area contributed by atoms with Crippen molar-refractivity contribution in [3.63, 3.8) is 0 Å². The van der Waals surface area contributed by atoms with Crippen molar-refractivity contribution >= 4 is 33.4 Å². The molecule has 0 aliphatic carbocycles. The Balaban J connectivity index is 2.80. The van der Waals surface area contributed by atoms with Crippen LogP contribution in [0.4, 0.5) is 0 Å². The van der Waals surface area contributed by atoms with Gasteiger partial charge in [-0.15, -0.1) is 0 Å². The number of hydrogen-bond donors (Lipinski definition) is 2. The minimum Gasteiger partial charge on any atom is -0.267 e. The third kappa shape index (κ3) is 3.01. The monoisotopic (exact) mass is 271 g/mol. The number of thioether (sulfide) groups is 1. The lowest BCUT2D eigenvalue weighted by Crippen LogP contribution is -2.47. The molecule has 0 aromatic carbocycles. The molecule has 8 heteroatoms. The van der Waals surface area contributed by atoms with Gasteiger partial charge in [-0.3, -0.25) is 5.01 Å². The largest absolute Gasteiger partial charge is 0.267 e. The predicted octanol–water partition coefficient (Wildman–Crippen LogP) is 0.820. The van der Waals surface area contributed by atoms with E-state index in [1.807, 2.05) is 6.92 Å². The minimum atomic E-state index is -3.37. The third-order valence-electron chi connectivity index (χ3n) is 1.66. The fourth-order valence-electron chi connectivity index (χ4n) is 1.14. The minimum absolute atomic E-state index is 0.372. The molecule has 0 aromatic rings. The SMILES string of the molecule is CCNN1C(Cl)=CSC1S(=O)(=O)NCC. The van der Waals surface area contributed by atoms with Gasteiger partial charge in [0.05, 0.1) is 0 Å². The Kier molecular flexibility index (Phi) is 4.72. The van der Waals surface area contributed by atoms with Gasteiger partial charge in [-0.05, 0) is 0 Å². The lowest BCUT2D eigenvalue weighted by atomic mass is 10.8. The summed E-state index contributed by atoms with van der Waals surface area (Å²) in [5, 5.41) is 3.46. The molecule has 88 valence electrons. The molecule has 5 nitrogen and oxygen atoms in total. The first-order valence-corrected chi connectivity index (χ1v) is 7.42. The van der Waals surface area contributed by atoms with E-state index in [1.165, 1.54) is 5.01 Å². The van der Waals surface area contributed by atoms with Gasteiger partial charge in [0.1, 0.15) is 5.16 Å². The molecular formula is C7H14ClN3O2S2. The number of nitrogens with one attached hydrogen (secondary N) is 2. The summed E-state index contributed by atoms with van der Waals surface area (Å²) in [6, 6.07) is 0. The number of sulfonamides is 1. The highest BCUT2D eigenvalue weighted by atomic mass is 35.5. The average Bonchev–Trinajstić information content (AvgIpc) is 2.49. The van der Waals surface area contributed by atoms with Crippen LogP contribution < -0.4 is 10.1 Å². The van der Waals surface area contributed by atoms with Crippen LogP contribution in [0.5, 0.6) is 0 Å². The van der Waals surface area contributed by atoms with Crippen LogP contribution in [0.3, 0.4) is 0 Å². The van der Waals surface area contributed by atoms with Crippen molar-refractivity contribution in [2.45, 2.75) is 18.6 Å². The van der Waals surface area contributed by atoms with Gasteiger partial charge >= 0.3 is 0 Å². The molecule has 0 fully saturated rings. The number of hydrazine groups is 1. The highest BCUT2D eigenvalue weighted by molar-refractivity contribution is 8.14. The van der Waals surface area contributed by atoms with E-state index < -0.39 is 14.7 Å². The van der Waals surface area contributed by atoms with E-state index in [0.29, 0.717) is 18.2 Å². The van der Waals surface area contributed by atoms with E-state index in [1.54, 1.807) is 12.3 Å². The molecule has 1 heterocycles. The molecule has 0 saturated carbocycles. The fraction of sp³-hybridized carbons (Fsp3) is 0.714. The van der Waals surface area contributed by atoms with Gasteiger partial charge in [-0.25, -0.2) is 18.6 Å². The molecule has 0 saturated heterocycles. The van der Waals surface area contributed by atoms with Crippen molar-refractivity contribution < 1.29 is 8.42 Å². The normalized spacial score (nSPS) is 21.9. The molecule has 0 bridgehead atoms. The van der Waals surface area contributed by atoms with Crippen molar-refractivity contribution in [2.24, 2.45) is 0 Å². The maximum Gasteiger partial charge on any atom is 0.244 e. The van der Waals surface area contributed by atoms with Crippen molar-refractivity contribution in [3.05, 3.63) is 10.6 Å². The smallest absolute Gasteiger partial charge is 0.244 e. The molecule has 1 aliphatic heterocycles. The Morgan fingerprint density at radius 3 is 2.73 bits per heavy atom. The van der Waals surface area contributed by atoms with Crippen LogP contribution in [0.25, 0.3) is 0 Å². The zero-order valence-corrected chi connectivity index (χ0v) is 10.9. The van der Waals surface area contributed by atoms with E-state index in [2.05, 4.69) is 10.1 Å². The van der Waals surface area contributed by atoms with Crippen molar-refractivity contribution in [1.82, 2.24) is 15.2 Å². The molecule has 1 unspecified atom stereocenters. The number of hydrogen-bond acceptors (Lipinski definition) is 5. The van der Waals surface area contributed by atoms with Gasteiger partial charge in [0.15, 0.2) is 0 Å². The summed E-state index contributed by atoms with van der Waals surface area (Å²) in [5.41, 5.74) is 2.90. The third-order valence-corrected chi connectivity index (χ3v) is 5.41. The Labute approximate surface area is 99.3 Å². The molecule has 1 atom stereocenters. The van der Waals surface area contributed by atoms with E-state index in [-0.39, 0.29) is 0 Å². The molecule has 1 rings (SSSR count). The second-order valence-electron chi connectivity index (χ2n) is 2.81. The fourth-order valence-corrected chi connectivity index (χ4v) is 4.18. The molecule has 1 aliphatic rings. The lowest BCUT2D eigenvalue weighted by molar-refractivity contribution is 0.294. The summed E-state index contributed by atoms with van der Waals surface area (Å²) < 4.78 is 25.2. The molecule has 0 aromatic heterocycles. The van der Waals surface area contributed by atoms with Gasteiger partial charge in [0.25, 0.3) is 0 Å². The van der Waals surface area contributed by atoms with Crippen LogP contribution in [0.15, 0.2) is 10.6 Å². The standard InChI is InChI=1S/C7H14ClN3O2S2/c1-3-9-11-6(8)5-14-7(11)15(12,13)10-4-2/h5,7,9-10H,3-4H2,1-2H3. The number of rotatable bonds is 5. The first-order valence-electron chi connectivity index (χ1n) is 4.55. The van der Waals surface area contributed by atoms with Gasteiger partial charge in [-0.2, -0.15) is 0 Å². The zero-order chi connectivity index (χ0) is 11.5. The van der Waals surface area contributed by atoms with Crippen molar-refractivity contribution in [2.75, 3.05) is 13.1 Å². The second kappa shape index (κ2) is 5.40. The summed E-state index contributed by atoms with van der Waals surface area (Å²) in [5.74, 6) is 0. The summed E-state index contributed by atoms with van der Waals surface area (Å²) in [6.45, 7) is 4.60. The second-order valence-corrected chi connectivity index (χ2v) is 6.27. The van der Waals surface area contributed by atoms with Gasteiger partial charge < -0.3 is 0 Å². The highest BCUT2D eigenvalue weighted by Gasteiger charge is 2.36. The first-order chi connectivity index (χ1) is 7.03. The van der Waals surface area contributed by atoms with Crippen LogP contribution in [-0.2, 0) is 10.0 Å². The van der Waals surface area contributed by atoms with Crippen LogP contribution in [-0.4, -0.2) is 31.2 Å². The topological polar surface area (TPSA) is 61.4 Å². The molecule has 0 amide bonds. The van der Waals surface area contributed by atoms with E-state index in [9.17, 15) is 8.42 Å². The summed E-state index contributed by atoms with van der Waals surface area (Å²) in [7, 11) is -3.37. The Morgan fingerprint density at radius 2 is 2.20 bits per heavy atom. The van der Waals surface area contributed by atoms with Crippen LogP contribution >= 0.6 is 23.4 Å². The summed E-state index contributed by atoms with van der Waals surface area (Å²) >= 11 is 7.03. The van der Waals surface area contributed by atoms with E-state index in [0.717, 1.165) is 11.8 Å². The summed E-state index contributed by atoms with van der Waals surface area (Å²) in [4.78, 5) is 0. The Hall–Kier alpha value is 0.0500. The molecule has 2 N–H and O–H groups in total. The highest BCUT2D eigenvalue weighted by Crippen LogP contribution is 2.33. The average molecular weight is 272 g/mol. The van der Waals surface area contributed by atoms with Gasteiger partial charge in [0.2, 0.25) is 14.7 Å². The molecule has 15 heavy (non-hydrogen) atoms. The van der Waals surface area contributed by atoms with Crippen LogP contribution in [0, 0.1) is 0 Å². The molecule has 0 radical (unpaired) electrons. The molecule has 0 spiro atoms.